The molecular weight excluding hydrogens is 230 g/mol. The lowest BCUT2D eigenvalue weighted by molar-refractivity contribution is -0.133. The van der Waals surface area contributed by atoms with Crippen LogP contribution in [0.2, 0.25) is 0 Å². The molecule has 18 heavy (non-hydrogen) atoms. The van der Waals surface area contributed by atoms with E-state index < -0.39 is 5.54 Å². The van der Waals surface area contributed by atoms with Crippen molar-refractivity contribution < 1.29 is 9.59 Å². The second-order valence-corrected chi connectivity index (χ2v) is 5.96. The van der Waals surface area contributed by atoms with Crippen LogP contribution in [0.5, 0.6) is 0 Å². The summed E-state index contributed by atoms with van der Waals surface area (Å²) >= 11 is 0. The van der Waals surface area contributed by atoms with Gasteiger partial charge >= 0.3 is 6.03 Å². The fraction of sp³-hybridized carbons (Fsp3) is 0.846. The highest BCUT2D eigenvalue weighted by atomic mass is 16.2. The third-order valence-corrected chi connectivity index (χ3v) is 4.49. The Balaban J connectivity index is 1.68. The smallest absolute Gasteiger partial charge is 0.323 e. The highest BCUT2D eigenvalue weighted by molar-refractivity contribution is 6.07. The molecule has 0 bridgehead atoms. The summed E-state index contributed by atoms with van der Waals surface area (Å²) in [5, 5.41) is 2.89. The van der Waals surface area contributed by atoms with Gasteiger partial charge in [0.05, 0.1) is 6.67 Å². The maximum absolute atomic E-state index is 12.4. The van der Waals surface area contributed by atoms with E-state index >= 15 is 0 Å². The normalized spacial score (nSPS) is 33.9. The number of rotatable bonds is 3. The average molecular weight is 251 g/mol. The van der Waals surface area contributed by atoms with Gasteiger partial charge in [0, 0.05) is 0 Å². The summed E-state index contributed by atoms with van der Waals surface area (Å²) in [5.74, 6) is 0.320. The Hall–Kier alpha value is -1.10. The molecule has 1 atom stereocenters. The van der Waals surface area contributed by atoms with Gasteiger partial charge in [0.2, 0.25) is 0 Å². The topological polar surface area (TPSA) is 52.7 Å². The highest BCUT2D eigenvalue weighted by Gasteiger charge is 2.56. The van der Waals surface area contributed by atoms with Gasteiger partial charge in [0.25, 0.3) is 5.91 Å². The molecule has 3 fully saturated rings. The van der Waals surface area contributed by atoms with Crippen LogP contribution in [0.25, 0.3) is 0 Å². The van der Waals surface area contributed by atoms with E-state index in [4.69, 9.17) is 0 Å². The number of nitrogens with one attached hydrogen (secondary N) is 1. The standard InChI is InChI=1S/C13H21N3O2/c1-13(10-5-6-10)11(17)16(12(18)14-13)9-15-7-3-2-4-8-15/h10H,2-9H2,1H3,(H,14,18)/t13-/m0/s1. The van der Waals surface area contributed by atoms with Crippen molar-refractivity contribution in [2.24, 2.45) is 5.92 Å². The Bertz CT molecular complexity index is 374. The largest absolute Gasteiger partial charge is 0.326 e. The minimum atomic E-state index is -0.632. The van der Waals surface area contributed by atoms with Crippen molar-refractivity contribution in [2.75, 3.05) is 19.8 Å². The van der Waals surface area contributed by atoms with Gasteiger partial charge in [-0.1, -0.05) is 6.42 Å². The first-order valence-corrected chi connectivity index (χ1v) is 6.98. The molecule has 2 aliphatic heterocycles. The van der Waals surface area contributed by atoms with Crippen LogP contribution >= 0.6 is 0 Å². The van der Waals surface area contributed by atoms with Crippen molar-refractivity contribution in [3.63, 3.8) is 0 Å². The second-order valence-electron chi connectivity index (χ2n) is 5.96. The number of carbonyl (C=O) groups excluding carboxylic acids is 2. The van der Waals surface area contributed by atoms with Crippen LogP contribution in [0.3, 0.4) is 0 Å². The van der Waals surface area contributed by atoms with E-state index in [1.807, 2.05) is 6.92 Å². The molecule has 0 aromatic heterocycles. The molecule has 0 radical (unpaired) electrons. The number of hydrogen-bond donors (Lipinski definition) is 1. The van der Waals surface area contributed by atoms with Gasteiger partial charge in [-0.3, -0.25) is 9.69 Å². The molecule has 1 saturated carbocycles. The summed E-state index contributed by atoms with van der Waals surface area (Å²) < 4.78 is 0. The van der Waals surface area contributed by atoms with Crippen molar-refractivity contribution in [2.45, 2.75) is 44.6 Å². The van der Waals surface area contributed by atoms with Crippen LogP contribution in [-0.2, 0) is 4.79 Å². The first-order chi connectivity index (χ1) is 8.61. The van der Waals surface area contributed by atoms with Gasteiger partial charge in [0.15, 0.2) is 0 Å². The van der Waals surface area contributed by atoms with Crippen molar-refractivity contribution >= 4 is 11.9 Å². The Kier molecular flexibility index (Phi) is 2.81. The van der Waals surface area contributed by atoms with Crippen LogP contribution in [-0.4, -0.2) is 47.0 Å². The minimum absolute atomic E-state index is 0.0272. The molecular formula is C13H21N3O2. The lowest BCUT2D eigenvalue weighted by Gasteiger charge is -2.29. The van der Waals surface area contributed by atoms with Crippen LogP contribution in [0.15, 0.2) is 0 Å². The van der Waals surface area contributed by atoms with Gasteiger partial charge in [-0.05, 0) is 51.6 Å². The molecule has 0 aromatic carbocycles. The van der Waals surface area contributed by atoms with E-state index in [1.54, 1.807) is 0 Å². The maximum Gasteiger partial charge on any atom is 0.326 e. The number of likely N-dealkylation sites (tertiary alicyclic amines) is 1. The van der Waals surface area contributed by atoms with Crippen LogP contribution in [0, 0.1) is 5.92 Å². The first kappa shape index (κ1) is 12.0. The number of piperidine rings is 1. The third-order valence-electron chi connectivity index (χ3n) is 4.49. The molecule has 3 aliphatic rings. The van der Waals surface area contributed by atoms with Crippen molar-refractivity contribution in [3.05, 3.63) is 0 Å². The van der Waals surface area contributed by atoms with Gasteiger partial charge in [-0.15, -0.1) is 0 Å². The number of imide groups is 1. The quantitative estimate of drug-likeness (QED) is 0.766. The number of hydrogen-bond acceptors (Lipinski definition) is 3. The highest BCUT2D eigenvalue weighted by Crippen LogP contribution is 2.42. The Morgan fingerprint density at radius 2 is 1.89 bits per heavy atom. The molecule has 1 N–H and O–H groups in total. The maximum atomic E-state index is 12.4. The Morgan fingerprint density at radius 1 is 1.22 bits per heavy atom. The van der Waals surface area contributed by atoms with Crippen LogP contribution in [0.4, 0.5) is 4.79 Å². The van der Waals surface area contributed by atoms with E-state index in [9.17, 15) is 9.59 Å². The number of urea groups is 1. The molecule has 0 unspecified atom stereocenters. The first-order valence-electron chi connectivity index (χ1n) is 6.98. The molecule has 5 heteroatoms. The average Bonchev–Trinajstić information content (AvgIpc) is 3.17. The summed E-state index contributed by atoms with van der Waals surface area (Å²) in [5.41, 5.74) is -0.632. The molecule has 5 nitrogen and oxygen atoms in total. The summed E-state index contributed by atoms with van der Waals surface area (Å²) in [6, 6.07) is -0.208. The van der Waals surface area contributed by atoms with E-state index in [0.29, 0.717) is 12.6 Å². The van der Waals surface area contributed by atoms with Crippen LogP contribution < -0.4 is 5.32 Å². The monoisotopic (exact) mass is 251 g/mol. The molecule has 3 rings (SSSR count). The molecule has 3 amide bonds. The summed E-state index contributed by atoms with van der Waals surface area (Å²) in [6.07, 6.45) is 5.71. The summed E-state index contributed by atoms with van der Waals surface area (Å²) in [6.45, 7) is 4.34. The lowest BCUT2D eigenvalue weighted by Crippen LogP contribution is -2.47. The van der Waals surface area contributed by atoms with Gasteiger partial charge in [-0.2, -0.15) is 0 Å². The van der Waals surface area contributed by atoms with E-state index in [1.165, 1.54) is 24.2 Å². The Labute approximate surface area is 107 Å². The van der Waals surface area contributed by atoms with E-state index in [2.05, 4.69) is 10.2 Å². The van der Waals surface area contributed by atoms with Gasteiger partial charge in [0.1, 0.15) is 5.54 Å². The zero-order valence-corrected chi connectivity index (χ0v) is 10.9. The molecule has 1 aliphatic carbocycles. The molecule has 100 valence electrons. The predicted octanol–water partition coefficient (Wildman–Crippen LogP) is 1.15. The third kappa shape index (κ3) is 1.90. The number of carbonyl (C=O) groups is 2. The van der Waals surface area contributed by atoms with Gasteiger partial charge < -0.3 is 5.32 Å². The predicted molar refractivity (Wildman–Crippen MR) is 66.8 cm³/mol. The molecule has 0 spiro atoms. The molecule has 2 saturated heterocycles. The fourth-order valence-electron chi connectivity index (χ4n) is 3.08. The zero-order valence-electron chi connectivity index (χ0n) is 10.9. The van der Waals surface area contributed by atoms with Gasteiger partial charge in [-0.25, -0.2) is 9.69 Å². The lowest BCUT2D eigenvalue weighted by atomic mass is 9.96. The van der Waals surface area contributed by atoms with Crippen molar-refractivity contribution in [1.82, 2.24) is 15.1 Å². The number of amides is 3. The summed E-state index contributed by atoms with van der Waals surface area (Å²) in [4.78, 5) is 28.0. The van der Waals surface area contributed by atoms with E-state index in [0.717, 1.165) is 25.9 Å². The van der Waals surface area contributed by atoms with Crippen molar-refractivity contribution in [3.8, 4) is 0 Å². The SMILES string of the molecule is C[C@@]1(C2CC2)NC(=O)N(CN2CCCCC2)C1=O. The summed E-state index contributed by atoms with van der Waals surface area (Å²) in [7, 11) is 0. The molecule has 0 aromatic rings. The second kappa shape index (κ2) is 4.23. The van der Waals surface area contributed by atoms with E-state index in [-0.39, 0.29) is 11.9 Å². The minimum Gasteiger partial charge on any atom is -0.323 e. The van der Waals surface area contributed by atoms with Crippen LogP contribution in [0.1, 0.15) is 39.0 Å². The Morgan fingerprint density at radius 3 is 2.50 bits per heavy atom. The number of nitrogens with zero attached hydrogens (tertiary/aromatic N) is 2. The molecule has 2 heterocycles. The fourth-order valence-corrected chi connectivity index (χ4v) is 3.08. The van der Waals surface area contributed by atoms with Crippen molar-refractivity contribution in [1.29, 1.82) is 0 Å². The zero-order chi connectivity index (χ0) is 12.8.